The van der Waals surface area contributed by atoms with Gasteiger partial charge in [-0.2, -0.15) is 0 Å². The number of hydrogen-bond donors (Lipinski definition) is 1. The average Bonchev–Trinajstić information content (AvgIpc) is 1.62. The zero-order valence-electron chi connectivity index (χ0n) is 78.4. The average molecular weight is 1670 g/mol. The van der Waals surface area contributed by atoms with Gasteiger partial charge >= 0.3 is 29.8 Å². The van der Waals surface area contributed by atoms with Crippen LogP contribution >= 0.6 is 0 Å². The van der Waals surface area contributed by atoms with E-state index in [2.05, 4.69) is 267 Å². The van der Waals surface area contributed by atoms with Crippen molar-refractivity contribution >= 4 is 52.5 Å². The summed E-state index contributed by atoms with van der Waals surface area (Å²) in [5.74, 6) is 1.48. The Morgan fingerprint density at radius 1 is 0.504 bits per heavy atom. The van der Waals surface area contributed by atoms with Gasteiger partial charge in [0.1, 0.15) is 25.6 Å². The maximum Gasteiger partial charge on any atom is 0.302 e. The second-order valence-corrected chi connectivity index (χ2v) is 37.7. The van der Waals surface area contributed by atoms with Gasteiger partial charge in [0.2, 0.25) is 0 Å². The number of aliphatic hydroxyl groups is 1. The number of esters is 5. The first-order valence-corrected chi connectivity index (χ1v) is 48.2. The SMILES string of the molecule is C=C=C=C=C=C=C(C=C=C=C=C=C)C(C)=C=C=C=C=C.C=CCCC.C=CCOC(C)=O.CC.CC(=O)OCC(C)C.CC(=O)OCC1c2ccccc2-c2ccccc21.CC(=O)OCCC[SiH](C)C.CC(=O)OCc1ccccc1.CC(C)=O.CC(C)C[Si](C)(C)C.CCC.CCC(C)C.CCc1ccc(CO)cc1.CCc1ccccc1.[HH].[HH].[HH].[HH].[HH].[HH]. The molecule has 0 saturated carbocycles. The Morgan fingerprint density at radius 2 is 0.908 bits per heavy atom. The summed E-state index contributed by atoms with van der Waals surface area (Å²) in [5.41, 5.74) is 45.0. The Kier molecular flexibility index (Phi) is 93.5. The first-order valence-electron chi connectivity index (χ1n) is 41.3. The minimum absolute atomic E-state index is 0. The third-order valence-electron chi connectivity index (χ3n) is 13.8. The summed E-state index contributed by atoms with van der Waals surface area (Å²) in [6.45, 7) is 73.2. The van der Waals surface area contributed by atoms with Crippen molar-refractivity contribution in [1.29, 1.82) is 0 Å². The number of benzene rings is 5. The molecule has 0 unspecified atom stereocenters. The molecule has 0 saturated heterocycles. The summed E-state index contributed by atoms with van der Waals surface area (Å²) < 4.78 is 23.9. The molecule has 1 aliphatic carbocycles. The highest BCUT2D eigenvalue weighted by Gasteiger charge is 2.28. The summed E-state index contributed by atoms with van der Waals surface area (Å²) in [5, 5.41) is 8.70. The first-order chi connectivity index (χ1) is 56.4. The normalized spacial score (nSPS) is 9.04. The molecule has 14 heteroatoms. The van der Waals surface area contributed by atoms with E-state index in [-0.39, 0.29) is 56.7 Å². The molecule has 1 aliphatic rings. The van der Waals surface area contributed by atoms with Crippen molar-refractivity contribution in [1.82, 2.24) is 0 Å². The lowest BCUT2D eigenvalue weighted by Crippen LogP contribution is -2.21. The Bertz CT molecular complexity index is 4030. The molecule has 664 valence electrons. The van der Waals surface area contributed by atoms with Gasteiger partial charge in [-0.25, -0.2) is 0 Å². The van der Waals surface area contributed by atoms with Gasteiger partial charge in [0.15, 0.2) is 0 Å². The molecule has 0 radical (unpaired) electrons. The van der Waals surface area contributed by atoms with E-state index in [1.54, 1.807) is 6.08 Å². The van der Waals surface area contributed by atoms with Crippen LogP contribution in [0.3, 0.4) is 0 Å². The second kappa shape index (κ2) is 89.7. The van der Waals surface area contributed by atoms with Gasteiger partial charge in [-0.3, -0.25) is 24.0 Å². The fraction of sp³-hybridized carbons (Fsp3) is 0.438. The van der Waals surface area contributed by atoms with Crippen LogP contribution in [0.15, 0.2) is 270 Å². The minimum Gasteiger partial charge on any atom is -0.466 e. The van der Waals surface area contributed by atoms with E-state index in [4.69, 9.17) is 19.3 Å². The number of ether oxygens (including phenoxy) is 5. The van der Waals surface area contributed by atoms with Crippen LogP contribution in [0.1, 0.15) is 232 Å². The number of ketones is 1. The largest absolute Gasteiger partial charge is 0.466 e. The highest BCUT2D eigenvalue weighted by Crippen LogP contribution is 2.44. The fourth-order valence-corrected chi connectivity index (χ4v) is 11.9. The van der Waals surface area contributed by atoms with Crippen molar-refractivity contribution in [3.63, 3.8) is 0 Å². The Balaban J connectivity index is -0.0000000911. The zero-order chi connectivity index (χ0) is 92.6. The summed E-state index contributed by atoms with van der Waals surface area (Å²) in [6, 6.07) is 47.4. The number of hydrogen-bond acceptors (Lipinski definition) is 12. The monoisotopic (exact) mass is 1670 g/mol. The highest BCUT2D eigenvalue weighted by molar-refractivity contribution is 6.76. The predicted molar refractivity (Wildman–Crippen MR) is 522 cm³/mol. The number of fused-ring (bicyclic) bond motifs is 3. The molecule has 0 heterocycles. The number of carbonyl (C=O) groups excluding carboxylic acids is 6. The zero-order valence-corrected chi connectivity index (χ0v) is 80.6. The van der Waals surface area contributed by atoms with Crippen LogP contribution in [-0.4, -0.2) is 84.0 Å². The lowest BCUT2D eigenvalue weighted by Gasteiger charge is -2.17. The van der Waals surface area contributed by atoms with Gasteiger partial charge in [0, 0.05) is 83.2 Å². The Hall–Kier alpha value is -10.6. The maximum atomic E-state index is 11.0. The van der Waals surface area contributed by atoms with E-state index in [1.165, 1.54) is 119 Å². The van der Waals surface area contributed by atoms with Crippen molar-refractivity contribution in [2.75, 3.05) is 26.4 Å². The Morgan fingerprint density at radius 3 is 1.24 bits per heavy atom. The summed E-state index contributed by atoms with van der Waals surface area (Å²) in [6.07, 6.45) is 13.3. The van der Waals surface area contributed by atoms with Crippen molar-refractivity contribution in [3.05, 3.63) is 304 Å². The molecule has 0 fully saturated rings. The van der Waals surface area contributed by atoms with Gasteiger partial charge in [0.25, 0.3) is 0 Å². The van der Waals surface area contributed by atoms with Gasteiger partial charge in [-0.05, 0) is 169 Å². The molecule has 0 aromatic heterocycles. The summed E-state index contributed by atoms with van der Waals surface area (Å²) >= 11 is 0. The lowest BCUT2D eigenvalue weighted by atomic mass is 9.98. The number of unbranched alkanes of at least 4 members (excludes halogenated alkanes) is 1. The fourth-order valence-electron chi connectivity index (χ4n) is 8.43. The van der Waals surface area contributed by atoms with Gasteiger partial charge in [-0.15, -0.1) is 6.58 Å². The molecular weight excluding hydrogens is 1510 g/mol. The summed E-state index contributed by atoms with van der Waals surface area (Å²) in [7, 11) is -1.15. The van der Waals surface area contributed by atoms with E-state index in [1.807, 2.05) is 126 Å². The van der Waals surface area contributed by atoms with Crippen LogP contribution in [0.4, 0.5) is 0 Å². The number of allylic oxidation sites excluding steroid dienone is 4. The number of rotatable bonds is 22. The molecule has 119 heavy (non-hydrogen) atoms. The van der Waals surface area contributed by atoms with Crippen molar-refractivity contribution < 1.29 is 66.1 Å². The van der Waals surface area contributed by atoms with E-state index < -0.39 is 16.9 Å². The number of Topliss-reactive ketones (excluding diaryl/α,β-unsaturated/α-hetero) is 1. The molecular formula is C105H164O12Si2. The molecule has 1 N–H and O–H groups in total. The van der Waals surface area contributed by atoms with Gasteiger partial charge in [-0.1, -0.05) is 348 Å². The van der Waals surface area contributed by atoms with Crippen LogP contribution in [0.25, 0.3) is 11.1 Å². The van der Waals surface area contributed by atoms with Crippen LogP contribution in [0.2, 0.25) is 44.8 Å². The third kappa shape index (κ3) is 96.1. The number of carbonyl (C=O) groups is 6. The molecule has 12 nitrogen and oxygen atoms in total. The molecule has 6 rings (SSSR count). The molecule has 0 spiro atoms. The Labute approximate surface area is 734 Å². The van der Waals surface area contributed by atoms with Crippen molar-refractivity contribution in [2.24, 2.45) is 17.8 Å². The lowest BCUT2D eigenvalue weighted by molar-refractivity contribution is -0.143. The first kappa shape index (κ1) is 124. The molecule has 5 aromatic carbocycles. The van der Waals surface area contributed by atoms with Crippen molar-refractivity contribution in [3.8, 4) is 11.1 Å². The standard InChI is InChI=1S/C20H10.C16H14O2.C9H10O2.C9H12O.C8H10.C7H16O2Si.C7H18Si.C6H12O2.C5H8O2.C5H12.C5H10.C3H6O.C3H8.C2H6.6H2/c1-5-8-11-14-17-20(18-15-12-9-6-2)19(4)16-13-10-7-3;1-11(17)18-10-16-14-8-4-2-6-12(14)13-7-3-5-9-15(13)16;1-8(10)11-7-9-5-3-2-4-6-9;1-2-8-3-5-9(7-10)6-4-8;1-2-8-6-4-3-5-7-8;1-7(8)9-5-4-6-10(2)3;1-7(2)6-8(3,4)5;1-5(2)4-8-6(3)7;1-3-4-7-5(2)6;1-4-5(2)3;1-3-5-4-2;1-3(2)4;1-3-2;1-2;;;;;;/h17H,1-3H2,4H3;2-9,16H,10H2,1H3;2-6H,7H2,1H3;3-6,10H,2,7H2,1H3;3-7H,2H2,1H3;10H,4-6H2,1-3H3;7H,6H2,1-5H3;5H,4H2,1-3H3;3H,1,4H2,2H3;5H,4H2,1-3H3;3H,1,4-5H2,2H3;1-2H3;3H2,1-2H3;1-2H3;6*1H. The minimum atomic E-state index is -0.720. The van der Waals surface area contributed by atoms with Gasteiger partial charge in [0.05, 0.1) is 19.8 Å². The molecule has 0 amide bonds. The quantitative estimate of drug-likeness (QED) is 0.0133. The second-order valence-electron chi connectivity index (χ2n) is 28.8. The molecule has 0 bridgehead atoms. The predicted octanol–water partition coefficient (Wildman–Crippen LogP) is 28.3. The van der Waals surface area contributed by atoms with E-state index in [9.17, 15) is 28.8 Å². The van der Waals surface area contributed by atoms with E-state index in [0.29, 0.717) is 44.5 Å². The van der Waals surface area contributed by atoms with Gasteiger partial charge < -0.3 is 33.6 Å². The van der Waals surface area contributed by atoms with Crippen LogP contribution in [0.5, 0.6) is 0 Å². The summed E-state index contributed by atoms with van der Waals surface area (Å²) in [4.78, 5) is 61.2. The van der Waals surface area contributed by atoms with Crippen LogP contribution in [-0.2, 0) is 78.5 Å². The van der Waals surface area contributed by atoms with Crippen LogP contribution in [0, 0.1) is 17.8 Å². The molecule has 0 atom stereocenters. The maximum absolute atomic E-state index is 11.0. The van der Waals surface area contributed by atoms with Crippen molar-refractivity contribution in [2.45, 2.75) is 261 Å². The van der Waals surface area contributed by atoms with E-state index >= 15 is 0 Å². The van der Waals surface area contributed by atoms with E-state index in [0.717, 1.165) is 54.2 Å². The molecule has 5 aromatic rings. The third-order valence-corrected chi connectivity index (χ3v) is 17.4. The number of aliphatic hydroxyl groups excluding tert-OH is 1. The molecule has 0 aliphatic heterocycles. The number of aryl methyl sites for hydroxylation is 2. The highest BCUT2D eigenvalue weighted by atomic mass is 28.3. The smallest absolute Gasteiger partial charge is 0.302 e. The van der Waals surface area contributed by atoms with Crippen LogP contribution < -0.4 is 0 Å². The topological polar surface area (TPSA) is 169 Å².